The molecule has 0 aromatic heterocycles. The van der Waals surface area contributed by atoms with Crippen LogP contribution in [0.3, 0.4) is 0 Å². The molecule has 0 amide bonds. The second-order valence-corrected chi connectivity index (χ2v) is 4.03. The van der Waals surface area contributed by atoms with Gasteiger partial charge < -0.3 is 14.2 Å². The monoisotopic (exact) mass is 205 g/mol. The van der Waals surface area contributed by atoms with Crippen LogP contribution in [0.4, 0.5) is 0 Å². The summed E-state index contributed by atoms with van der Waals surface area (Å²) in [5.41, 5.74) is 0. The van der Waals surface area contributed by atoms with Crippen LogP contribution in [-0.4, -0.2) is 55.1 Å². The Morgan fingerprint density at radius 2 is 1.17 bits per heavy atom. The van der Waals surface area contributed by atoms with Gasteiger partial charge in [0.05, 0.1) is 0 Å². The van der Waals surface area contributed by atoms with E-state index < -0.39 is 0 Å². The van der Waals surface area contributed by atoms with E-state index in [0.29, 0.717) is 0 Å². The summed E-state index contributed by atoms with van der Waals surface area (Å²) in [6, 6.07) is 0. The second kappa shape index (κ2) is 3.80. The van der Waals surface area contributed by atoms with Gasteiger partial charge in [-0.3, -0.25) is 0 Å². The normalized spacial score (nSPS) is 24.0. The lowest BCUT2D eigenvalue weighted by atomic mass is 9.60. The standard InChI is InChI=1S/C4H12B3Cl2N3/c1-5-10(2)6(8)12(4)7(9)11(5)3/h1-4H3. The van der Waals surface area contributed by atoms with E-state index in [1.165, 1.54) is 0 Å². The Labute approximate surface area is 85.2 Å². The van der Waals surface area contributed by atoms with Crippen molar-refractivity contribution >= 4 is 42.7 Å². The number of hydrogen-bond acceptors (Lipinski definition) is 3. The van der Waals surface area contributed by atoms with Crippen molar-refractivity contribution in [3.05, 3.63) is 0 Å². The van der Waals surface area contributed by atoms with E-state index in [1.54, 1.807) is 0 Å². The van der Waals surface area contributed by atoms with Crippen LogP contribution in [0, 0.1) is 0 Å². The lowest BCUT2D eigenvalue weighted by Crippen LogP contribution is -2.70. The molecule has 66 valence electrons. The molecule has 1 heterocycles. The van der Waals surface area contributed by atoms with Crippen molar-refractivity contribution in [3.8, 4) is 0 Å². The van der Waals surface area contributed by atoms with Crippen molar-refractivity contribution in [1.29, 1.82) is 0 Å². The predicted octanol–water partition coefficient (Wildman–Crippen LogP) is 0.361. The van der Waals surface area contributed by atoms with Crippen LogP contribution in [0.1, 0.15) is 0 Å². The largest absolute Gasteiger partial charge is 0.399 e. The van der Waals surface area contributed by atoms with Crippen molar-refractivity contribution < 1.29 is 0 Å². The van der Waals surface area contributed by atoms with Crippen molar-refractivity contribution in [2.24, 2.45) is 0 Å². The quantitative estimate of drug-likeness (QED) is 0.529. The first-order valence-corrected chi connectivity index (χ1v) is 4.78. The van der Waals surface area contributed by atoms with Gasteiger partial charge in [0.2, 0.25) is 0 Å². The van der Waals surface area contributed by atoms with Crippen LogP contribution in [0.5, 0.6) is 0 Å². The summed E-state index contributed by atoms with van der Waals surface area (Å²) in [6.07, 6.45) is -0.252. The predicted molar refractivity (Wildman–Crippen MR) is 58.1 cm³/mol. The minimum absolute atomic E-state index is 0.126. The zero-order chi connectivity index (χ0) is 9.46. The van der Waals surface area contributed by atoms with Crippen molar-refractivity contribution in [3.63, 3.8) is 0 Å². The van der Waals surface area contributed by atoms with Crippen LogP contribution in [-0.2, 0) is 0 Å². The summed E-state index contributed by atoms with van der Waals surface area (Å²) in [5.74, 6) is 0. The van der Waals surface area contributed by atoms with Gasteiger partial charge in [-0.05, 0) is 21.1 Å². The highest BCUT2D eigenvalue weighted by atomic mass is 35.5. The minimum atomic E-state index is -0.126. The van der Waals surface area contributed by atoms with E-state index in [1.807, 2.05) is 25.9 Å². The van der Waals surface area contributed by atoms with Gasteiger partial charge in [0.1, 0.15) is 0 Å². The van der Waals surface area contributed by atoms with Crippen LogP contribution < -0.4 is 0 Å². The Hall–Kier alpha value is 0.655. The van der Waals surface area contributed by atoms with Gasteiger partial charge in [-0.25, -0.2) is 0 Å². The van der Waals surface area contributed by atoms with Gasteiger partial charge in [-0.15, -0.1) is 0 Å². The fraction of sp³-hybridized carbons (Fsp3) is 1.00. The molecule has 1 rings (SSSR count). The molecule has 1 saturated heterocycles. The molecular weight excluding hydrogens is 193 g/mol. The Bertz CT molecular complexity index is 115. The Morgan fingerprint density at radius 3 is 1.50 bits per heavy atom. The summed E-state index contributed by atoms with van der Waals surface area (Å²) in [7, 11) is 5.88. The average Bonchev–Trinajstić information content (AvgIpc) is 2.08. The van der Waals surface area contributed by atoms with Crippen molar-refractivity contribution in [2.75, 3.05) is 21.1 Å². The molecule has 0 aliphatic carbocycles. The maximum absolute atomic E-state index is 6.11. The van der Waals surface area contributed by atoms with Crippen LogP contribution in [0.2, 0.25) is 6.82 Å². The van der Waals surface area contributed by atoms with E-state index in [0.717, 1.165) is 0 Å². The third kappa shape index (κ3) is 1.63. The summed E-state index contributed by atoms with van der Waals surface area (Å²) < 4.78 is 6.02. The molecule has 0 saturated carbocycles. The van der Waals surface area contributed by atoms with E-state index in [9.17, 15) is 0 Å². The van der Waals surface area contributed by atoms with E-state index in [-0.39, 0.29) is 19.8 Å². The molecule has 0 spiro atoms. The molecule has 3 nitrogen and oxygen atoms in total. The smallest absolute Gasteiger partial charge is 0.346 e. The van der Waals surface area contributed by atoms with E-state index >= 15 is 0 Å². The summed E-state index contributed by atoms with van der Waals surface area (Å²) in [4.78, 5) is 0. The highest BCUT2D eigenvalue weighted by molar-refractivity contribution is 7.19. The van der Waals surface area contributed by atoms with Crippen LogP contribution in [0.15, 0.2) is 0 Å². The summed E-state index contributed by atoms with van der Waals surface area (Å²) >= 11 is 12.2. The maximum atomic E-state index is 6.11. The third-order valence-corrected chi connectivity index (χ3v) is 3.75. The van der Waals surface area contributed by atoms with Gasteiger partial charge in [0.15, 0.2) is 0 Å². The first kappa shape index (κ1) is 10.7. The van der Waals surface area contributed by atoms with Crippen molar-refractivity contribution in [1.82, 2.24) is 14.2 Å². The fourth-order valence-corrected chi connectivity index (χ4v) is 1.92. The lowest BCUT2D eigenvalue weighted by molar-refractivity contribution is 0.567. The molecule has 0 aromatic rings. The Kier molecular flexibility index (Phi) is 3.40. The number of rotatable bonds is 0. The topological polar surface area (TPSA) is 9.72 Å². The third-order valence-electron chi connectivity index (χ3n) is 2.52. The first-order valence-electron chi connectivity index (χ1n) is 3.90. The highest BCUT2D eigenvalue weighted by Crippen LogP contribution is 2.18. The molecule has 0 atom stereocenters. The van der Waals surface area contributed by atoms with Gasteiger partial charge in [-0.2, -0.15) is 22.9 Å². The molecule has 0 aromatic carbocycles. The van der Waals surface area contributed by atoms with Crippen LogP contribution in [0.25, 0.3) is 0 Å². The zero-order valence-corrected chi connectivity index (χ0v) is 9.34. The summed E-state index contributed by atoms with van der Waals surface area (Å²) in [5, 5.41) is 0. The van der Waals surface area contributed by atoms with Gasteiger partial charge in [-0.1, -0.05) is 6.82 Å². The van der Waals surface area contributed by atoms with Gasteiger partial charge in [0.25, 0.3) is 6.98 Å². The molecule has 12 heavy (non-hydrogen) atoms. The Morgan fingerprint density at radius 1 is 0.833 bits per heavy atom. The maximum Gasteiger partial charge on any atom is 0.399 e. The summed E-state index contributed by atoms with van der Waals surface area (Å²) in [6.45, 7) is 2.35. The molecule has 1 aliphatic rings. The average molecular weight is 206 g/mol. The first-order chi connectivity index (χ1) is 5.46. The highest BCUT2D eigenvalue weighted by Gasteiger charge is 2.45. The zero-order valence-electron chi connectivity index (χ0n) is 7.83. The van der Waals surface area contributed by atoms with Crippen molar-refractivity contribution in [2.45, 2.75) is 6.82 Å². The minimum Gasteiger partial charge on any atom is -0.346 e. The molecular formula is C4H12B3Cl2N3. The van der Waals surface area contributed by atoms with Crippen LogP contribution >= 0.6 is 22.9 Å². The SMILES string of the molecule is CB1N(C)B(Cl)N(C)B(Cl)N1C. The number of halogens is 2. The lowest BCUT2D eigenvalue weighted by Gasteiger charge is -2.44. The molecule has 0 unspecified atom stereocenters. The van der Waals surface area contributed by atoms with E-state index in [2.05, 4.69) is 16.3 Å². The molecule has 1 aliphatic heterocycles. The number of hydrogen-bond donors (Lipinski definition) is 0. The molecule has 0 radical (unpaired) electrons. The molecule has 0 N–H and O–H groups in total. The second-order valence-electron chi connectivity index (χ2n) is 3.25. The molecule has 0 bridgehead atoms. The molecule has 8 heteroatoms. The van der Waals surface area contributed by atoms with Gasteiger partial charge >= 0.3 is 12.8 Å². The van der Waals surface area contributed by atoms with E-state index in [4.69, 9.17) is 22.9 Å². The number of nitrogens with zero attached hydrogens (tertiary/aromatic N) is 3. The Balaban J connectivity index is 2.76. The molecule has 1 fully saturated rings. The fourth-order valence-electron chi connectivity index (χ4n) is 1.32. The van der Waals surface area contributed by atoms with Gasteiger partial charge in [0, 0.05) is 0 Å².